The van der Waals surface area contributed by atoms with E-state index in [1.807, 2.05) is 0 Å². The van der Waals surface area contributed by atoms with E-state index in [9.17, 15) is 0 Å². The van der Waals surface area contributed by atoms with Crippen molar-refractivity contribution in [3.63, 3.8) is 0 Å². The number of nitrogens with zero attached hydrogens (tertiary/aromatic N) is 1. The van der Waals surface area contributed by atoms with Crippen molar-refractivity contribution >= 4 is 0 Å². The molecule has 2 aromatic carbocycles. The van der Waals surface area contributed by atoms with Crippen LogP contribution in [-0.4, -0.2) is 19.0 Å². The molecule has 0 saturated carbocycles. The standard InChI is InChI=1S/C8H12N.C8H11.Fe/c1-9(2)7-8-5-3-4-6-8;1-7(2)8-5-3-4-6-8;/h3-6H,7H2,1-2H3;3-7H,1-2H3;/q-5;-1;. The number of rotatable bonds is 3. The van der Waals surface area contributed by atoms with Gasteiger partial charge in [0.15, 0.2) is 0 Å². The Morgan fingerprint density at radius 2 is 1.56 bits per heavy atom. The first-order chi connectivity index (χ1) is 8.09. The molecule has 0 aliphatic heterocycles. The zero-order valence-corrected chi connectivity index (χ0v) is 12.8. The predicted molar refractivity (Wildman–Crippen MR) is 75.6 cm³/mol. The maximum atomic E-state index is 2.20. The Balaban J connectivity index is 0.000000306. The van der Waals surface area contributed by atoms with E-state index >= 15 is 0 Å². The van der Waals surface area contributed by atoms with Crippen LogP contribution in [0, 0.1) is 0 Å². The molecule has 0 aliphatic carbocycles. The fourth-order valence-corrected chi connectivity index (χ4v) is 1.66. The quantitative estimate of drug-likeness (QED) is 0.608. The molecule has 0 fully saturated rings. The molecule has 2 rings (SSSR count). The van der Waals surface area contributed by atoms with Crippen LogP contribution in [0.4, 0.5) is 0 Å². The third-order valence-corrected chi connectivity index (χ3v) is 2.59. The zero-order chi connectivity index (χ0) is 12.7. The first-order valence-corrected chi connectivity index (χ1v) is 6.16. The predicted octanol–water partition coefficient (Wildman–Crippen LogP) is 3.99. The van der Waals surface area contributed by atoms with Crippen LogP contribution < -0.4 is 0 Å². The summed E-state index contributed by atoms with van der Waals surface area (Å²) in [6.45, 7) is 5.46. The molecule has 0 aromatic heterocycles. The Morgan fingerprint density at radius 1 is 1.06 bits per heavy atom. The fourth-order valence-electron chi connectivity index (χ4n) is 1.66. The summed E-state index contributed by atoms with van der Waals surface area (Å²) in [6, 6.07) is 16.9. The summed E-state index contributed by atoms with van der Waals surface area (Å²) in [5.41, 5.74) is 2.82. The first kappa shape index (κ1) is 17.2. The summed E-state index contributed by atoms with van der Waals surface area (Å²) >= 11 is 0. The third-order valence-electron chi connectivity index (χ3n) is 2.59. The molecular weight excluding hydrogens is 262 g/mol. The van der Waals surface area contributed by atoms with E-state index in [-0.39, 0.29) is 17.1 Å². The van der Waals surface area contributed by atoms with Gasteiger partial charge >= 0.3 is 0 Å². The van der Waals surface area contributed by atoms with Crippen LogP contribution in [0.2, 0.25) is 0 Å². The average Bonchev–Trinajstić information content (AvgIpc) is 2.87. The Kier molecular flexibility index (Phi) is 8.74. The monoisotopic (exact) mass is 285 g/mol. The topological polar surface area (TPSA) is 3.24 Å². The molecule has 0 radical (unpaired) electrons. The second kappa shape index (κ2) is 9.16. The molecule has 0 bridgehead atoms. The van der Waals surface area contributed by atoms with E-state index in [4.69, 9.17) is 0 Å². The summed E-state index contributed by atoms with van der Waals surface area (Å²) < 4.78 is 0. The van der Waals surface area contributed by atoms with Crippen molar-refractivity contribution < 1.29 is 17.1 Å². The molecule has 0 atom stereocenters. The number of hydrogen-bond acceptors (Lipinski definition) is 1. The van der Waals surface area contributed by atoms with Gasteiger partial charge in [-0.15, -0.1) is 0 Å². The average molecular weight is 285 g/mol. The molecule has 2 heteroatoms. The van der Waals surface area contributed by atoms with E-state index in [0.29, 0.717) is 5.92 Å². The van der Waals surface area contributed by atoms with Crippen LogP contribution in [-0.2, 0) is 23.6 Å². The zero-order valence-electron chi connectivity index (χ0n) is 11.7. The normalized spacial score (nSPS) is 9.89. The molecule has 1 nitrogen and oxygen atoms in total. The van der Waals surface area contributed by atoms with Gasteiger partial charge in [0.25, 0.3) is 0 Å². The SMILES string of the molecule is CC(C)[c-]1cccc1.CN(C)C[c-]1[cH-][cH-][cH-][cH-]1.[Fe]. The molecule has 0 spiro atoms. The Labute approximate surface area is 122 Å². The molecule has 0 N–H and O–H groups in total. The van der Waals surface area contributed by atoms with Gasteiger partial charge in [-0.05, 0) is 14.1 Å². The Hall–Kier alpha value is -0.821. The fraction of sp³-hybridized carbons (Fsp3) is 0.375. The van der Waals surface area contributed by atoms with Crippen molar-refractivity contribution in [2.75, 3.05) is 14.1 Å². The molecule has 18 heavy (non-hydrogen) atoms. The summed E-state index contributed by atoms with van der Waals surface area (Å²) in [7, 11) is 4.15. The minimum Gasteiger partial charge on any atom is -0.748 e. The van der Waals surface area contributed by atoms with E-state index in [2.05, 4.69) is 81.4 Å². The third kappa shape index (κ3) is 6.80. The first-order valence-electron chi connectivity index (χ1n) is 6.16. The molecule has 0 unspecified atom stereocenters. The summed E-state index contributed by atoms with van der Waals surface area (Å²) in [5, 5.41) is 0. The van der Waals surface area contributed by atoms with E-state index < -0.39 is 0 Å². The molecule has 2 aromatic rings. The van der Waals surface area contributed by atoms with Crippen molar-refractivity contribution in [1.29, 1.82) is 0 Å². The molecule has 0 heterocycles. The summed E-state index contributed by atoms with van der Waals surface area (Å²) in [5.74, 6) is 0.685. The van der Waals surface area contributed by atoms with Crippen molar-refractivity contribution in [2.24, 2.45) is 0 Å². The van der Waals surface area contributed by atoms with Gasteiger partial charge in [-0.2, -0.15) is 24.2 Å². The van der Waals surface area contributed by atoms with Crippen LogP contribution in [0.3, 0.4) is 0 Å². The molecule has 0 amide bonds. The van der Waals surface area contributed by atoms with Gasteiger partial charge in [-0.3, -0.25) is 0 Å². The van der Waals surface area contributed by atoms with Crippen LogP contribution >= 0.6 is 0 Å². The minimum absolute atomic E-state index is 0. The van der Waals surface area contributed by atoms with Gasteiger partial charge in [0, 0.05) is 17.1 Å². The van der Waals surface area contributed by atoms with Crippen molar-refractivity contribution in [2.45, 2.75) is 26.3 Å². The van der Waals surface area contributed by atoms with Crippen molar-refractivity contribution in [1.82, 2.24) is 4.90 Å². The van der Waals surface area contributed by atoms with E-state index in [1.165, 1.54) is 11.1 Å². The molecular formula is C16H23FeN-6. The van der Waals surface area contributed by atoms with Gasteiger partial charge in [0.05, 0.1) is 0 Å². The van der Waals surface area contributed by atoms with Crippen LogP contribution in [0.5, 0.6) is 0 Å². The second-order valence-corrected chi connectivity index (χ2v) is 4.90. The molecule has 0 aliphatic rings. The van der Waals surface area contributed by atoms with Gasteiger partial charge in [-0.1, -0.05) is 19.8 Å². The maximum absolute atomic E-state index is 2.20. The van der Waals surface area contributed by atoms with Gasteiger partial charge in [0.2, 0.25) is 0 Å². The van der Waals surface area contributed by atoms with Crippen LogP contribution in [0.25, 0.3) is 0 Å². The Morgan fingerprint density at radius 3 is 1.89 bits per heavy atom. The summed E-state index contributed by atoms with van der Waals surface area (Å²) in [6.07, 6.45) is 0. The minimum atomic E-state index is 0. The van der Waals surface area contributed by atoms with Gasteiger partial charge in [-0.25, -0.2) is 12.1 Å². The number of hydrogen-bond donors (Lipinski definition) is 0. The van der Waals surface area contributed by atoms with Crippen molar-refractivity contribution in [3.8, 4) is 0 Å². The summed E-state index contributed by atoms with van der Waals surface area (Å²) in [4.78, 5) is 2.16. The van der Waals surface area contributed by atoms with Gasteiger partial charge < -0.3 is 34.7 Å². The second-order valence-electron chi connectivity index (χ2n) is 4.90. The van der Waals surface area contributed by atoms with Crippen LogP contribution in [0.15, 0.2) is 48.5 Å². The van der Waals surface area contributed by atoms with Gasteiger partial charge in [0.1, 0.15) is 0 Å². The largest absolute Gasteiger partial charge is 0.748 e. The van der Waals surface area contributed by atoms with Crippen molar-refractivity contribution in [3.05, 3.63) is 59.7 Å². The smallest absolute Gasteiger partial charge is 0 e. The molecule has 0 saturated heterocycles. The molecule has 106 valence electrons. The van der Waals surface area contributed by atoms with E-state index in [0.717, 1.165) is 6.54 Å². The van der Waals surface area contributed by atoms with E-state index in [1.54, 1.807) is 0 Å². The Bertz CT molecular complexity index is 371. The van der Waals surface area contributed by atoms with Crippen LogP contribution in [0.1, 0.15) is 30.9 Å². The maximum Gasteiger partial charge on any atom is 0 e.